The first-order valence-corrected chi connectivity index (χ1v) is 10.7. The zero-order valence-electron chi connectivity index (χ0n) is 18.2. The highest BCUT2D eigenvalue weighted by Gasteiger charge is 2.39. The normalized spacial score (nSPS) is 17.2. The summed E-state index contributed by atoms with van der Waals surface area (Å²) in [4.78, 5) is 0. The van der Waals surface area contributed by atoms with E-state index in [0.717, 1.165) is 24.7 Å². The van der Waals surface area contributed by atoms with Gasteiger partial charge in [-0.25, -0.2) is 0 Å². The van der Waals surface area contributed by atoms with E-state index in [-0.39, 0.29) is 5.54 Å². The molecule has 0 spiro atoms. The molecule has 29 heavy (non-hydrogen) atoms. The van der Waals surface area contributed by atoms with Crippen molar-refractivity contribution in [2.45, 2.75) is 45.3 Å². The summed E-state index contributed by atoms with van der Waals surface area (Å²) in [7, 11) is 3.37. The van der Waals surface area contributed by atoms with Crippen LogP contribution >= 0.6 is 0 Å². The van der Waals surface area contributed by atoms with E-state index in [4.69, 9.17) is 14.2 Å². The first-order valence-electron chi connectivity index (χ1n) is 10.7. The van der Waals surface area contributed by atoms with Crippen LogP contribution in [0.15, 0.2) is 48.5 Å². The summed E-state index contributed by atoms with van der Waals surface area (Å²) in [5, 5.41) is 3.88. The van der Waals surface area contributed by atoms with Gasteiger partial charge in [-0.2, -0.15) is 0 Å². The summed E-state index contributed by atoms with van der Waals surface area (Å²) in [5.74, 6) is 2.63. The molecular formula is C25H35NO3. The molecule has 0 amide bonds. The van der Waals surface area contributed by atoms with Crippen LogP contribution in [-0.2, 0) is 16.9 Å². The molecule has 0 aliphatic heterocycles. The van der Waals surface area contributed by atoms with E-state index in [9.17, 15) is 0 Å². The van der Waals surface area contributed by atoms with Crippen molar-refractivity contribution in [2.75, 3.05) is 27.4 Å². The quantitative estimate of drug-likeness (QED) is 0.568. The molecule has 4 nitrogen and oxygen atoms in total. The third kappa shape index (κ3) is 5.31. The molecule has 2 atom stereocenters. The van der Waals surface area contributed by atoms with Crippen molar-refractivity contribution in [2.24, 2.45) is 11.8 Å². The van der Waals surface area contributed by atoms with Crippen LogP contribution in [0.1, 0.15) is 44.2 Å². The summed E-state index contributed by atoms with van der Waals surface area (Å²) < 4.78 is 16.9. The fourth-order valence-electron chi connectivity index (χ4n) is 4.02. The van der Waals surface area contributed by atoms with Crippen molar-refractivity contribution < 1.29 is 14.2 Å². The number of ether oxygens (including phenoxy) is 3. The van der Waals surface area contributed by atoms with Crippen LogP contribution in [0.3, 0.4) is 0 Å². The lowest BCUT2D eigenvalue weighted by atomic mass is 9.68. The van der Waals surface area contributed by atoms with Crippen LogP contribution in [0.2, 0.25) is 0 Å². The predicted molar refractivity (Wildman–Crippen MR) is 118 cm³/mol. The van der Waals surface area contributed by atoms with E-state index < -0.39 is 0 Å². The Morgan fingerprint density at radius 3 is 2.38 bits per heavy atom. The minimum Gasteiger partial charge on any atom is -0.493 e. The van der Waals surface area contributed by atoms with E-state index in [1.165, 1.54) is 30.4 Å². The van der Waals surface area contributed by atoms with Crippen LogP contribution in [0.5, 0.6) is 11.5 Å². The SMILES string of the molecule is COc1ccc(C(C)(NCC(C)COCc2ccccc2)C2CCC2)cc1OC. The average molecular weight is 398 g/mol. The number of rotatable bonds is 11. The molecule has 4 heteroatoms. The summed E-state index contributed by atoms with van der Waals surface area (Å²) in [6, 6.07) is 16.7. The summed E-state index contributed by atoms with van der Waals surface area (Å²) in [6.07, 6.45) is 3.83. The summed E-state index contributed by atoms with van der Waals surface area (Å²) in [5.41, 5.74) is 2.40. The van der Waals surface area contributed by atoms with Gasteiger partial charge in [0.05, 0.1) is 27.4 Å². The Balaban J connectivity index is 1.61. The Morgan fingerprint density at radius 1 is 1.03 bits per heavy atom. The van der Waals surface area contributed by atoms with Gasteiger partial charge in [-0.15, -0.1) is 0 Å². The molecule has 0 radical (unpaired) electrons. The zero-order valence-corrected chi connectivity index (χ0v) is 18.2. The molecule has 0 heterocycles. The fourth-order valence-corrected chi connectivity index (χ4v) is 4.02. The average Bonchev–Trinajstić information content (AvgIpc) is 2.71. The van der Waals surface area contributed by atoms with Crippen molar-refractivity contribution in [1.82, 2.24) is 5.32 Å². The zero-order chi connectivity index (χ0) is 20.7. The molecule has 0 aromatic heterocycles. The first kappa shape index (κ1) is 21.7. The van der Waals surface area contributed by atoms with E-state index in [2.05, 4.69) is 55.6 Å². The van der Waals surface area contributed by atoms with Gasteiger partial charge >= 0.3 is 0 Å². The monoisotopic (exact) mass is 397 g/mol. The Labute approximate surface area is 175 Å². The van der Waals surface area contributed by atoms with Crippen LogP contribution in [0, 0.1) is 11.8 Å². The number of nitrogens with one attached hydrogen (secondary N) is 1. The Hall–Kier alpha value is -2.04. The van der Waals surface area contributed by atoms with E-state index in [0.29, 0.717) is 18.4 Å². The Bertz CT molecular complexity index is 760. The van der Waals surface area contributed by atoms with E-state index >= 15 is 0 Å². The van der Waals surface area contributed by atoms with Crippen LogP contribution in [0.25, 0.3) is 0 Å². The van der Waals surface area contributed by atoms with Gasteiger partial charge in [0, 0.05) is 12.1 Å². The molecule has 1 aliphatic rings. The van der Waals surface area contributed by atoms with Crippen LogP contribution in [0.4, 0.5) is 0 Å². The second-order valence-corrected chi connectivity index (χ2v) is 8.39. The molecule has 1 fully saturated rings. The van der Waals surface area contributed by atoms with Gasteiger partial charge in [-0.05, 0) is 54.9 Å². The smallest absolute Gasteiger partial charge is 0.161 e. The Morgan fingerprint density at radius 2 is 1.76 bits per heavy atom. The van der Waals surface area contributed by atoms with Gasteiger partial charge in [-0.3, -0.25) is 0 Å². The van der Waals surface area contributed by atoms with Gasteiger partial charge in [-0.1, -0.05) is 49.7 Å². The van der Waals surface area contributed by atoms with Gasteiger partial charge < -0.3 is 19.5 Å². The number of methoxy groups -OCH3 is 2. The lowest BCUT2D eigenvalue weighted by Crippen LogP contribution is -2.50. The first-order chi connectivity index (χ1) is 14.1. The minimum atomic E-state index is -0.0779. The summed E-state index contributed by atoms with van der Waals surface area (Å²) in [6.45, 7) is 6.90. The van der Waals surface area contributed by atoms with Crippen molar-refractivity contribution >= 4 is 0 Å². The molecule has 1 aliphatic carbocycles. The second kappa shape index (κ2) is 10.1. The van der Waals surface area contributed by atoms with Crippen molar-refractivity contribution in [3.63, 3.8) is 0 Å². The second-order valence-electron chi connectivity index (χ2n) is 8.39. The number of hydrogen-bond donors (Lipinski definition) is 1. The topological polar surface area (TPSA) is 39.7 Å². The largest absolute Gasteiger partial charge is 0.493 e. The third-order valence-electron chi connectivity index (χ3n) is 6.24. The van der Waals surface area contributed by atoms with Gasteiger partial charge in [0.2, 0.25) is 0 Å². The van der Waals surface area contributed by atoms with Crippen molar-refractivity contribution in [3.8, 4) is 11.5 Å². The molecular weight excluding hydrogens is 362 g/mol. The molecule has 3 rings (SSSR count). The van der Waals surface area contributed by atoms with Crippen LogP contribution < -0.4 is 14.8 Å². The lowest BCUT2D eigenvalue weighted by Gasteiger charge is -2.45. The molecule has 0 bridgehead atoms. The number of hydrogen-bond acceptors (Lipinski definition) is 4. The van der Waals surface area contributed by atoms with Gasteiger partial charge in [0.25, 0.3) is 0 Å². The molecule has 0 saturated heterocycles. The molecule has 158 valence electrons. The van der Waals surface area contributed by atoms with E-state index in [1.807, 2.05) is 12.1 Å². The minimum absolute atomic E-state index is 0.0779. The van der Waals surface area contributed by atoms with Gasteiger partial charge in [0.15, 0.2) is 11.5 Å². The molecule has 2 unspecified atom stereocenters. The highest BCUT2D eigenvalue weighted by atomic mass is 16.5. The van der Waals surface area contributed by atoms with Crippen molar-refractivity contribution in [1.29, 1.82) is 0 Å². The number of benzene rings is 2. The van der Waals surface area contributed by atoms with E-state index in [1.54, 1.807) is 14.2 Å². The highest BCUT2D eigenvalue weighted by Crippen LogP contribution is 2.44. The summed E-state index contributed by atoms with van der Waals surface area (Å²) >= 11 is 0. The fraction of sp³-hybridized carbons (Fsp3) is 0.520. The van der Waals surface area contributed by atoms with Gasteiger partial charge in [0.1, 0.15) is 0 Å². The molecule has 2 aromatic rings. The maximum atomic E-state index is 5.94. The third-order valence-corrected chi connectivity index (χ3v) is 6.24. The molecule has 1 saturated carbocycles. The predicted octanol–water partition coefficient (Wildman–Crippen LogP) is 5.16. The maximum absolute atomic E-state index is 5.94. The van der Waals surface area contributed by atoms with Crippen LogP contribution in [-0.4, -0.2) is 27.4 Å². The molecule has 1 N–H and O–H groups in total. The molecule has 2 aromatic carbocycles. The standard InChI is InChI=1S/C25H35NO3/c1-19(17-29-18-20-9-6-5-7-10-20)16-26-25(2,21-11-8-12-21)22-13-14-23(27-3)24(15-22)28-4/h5-7,9-10,13-15,19,21,26H,8,11-12,16-18H2,1-4H3. The van der Waals surface area contributed by atoms with Crippen molar-refractivity contribution in [3.05, 3.63) is 59.7 Å². The lowest BCUT2D eigenvalue weighted by molar-refractivity contribution is 0.0798. The highest BCUT2D eigenvalue weighted by molar-refractivity contribution is 5.45. The Kier molecular flexibility index (Phi) is 7.57. The maximum Gasteiger partial charge on any atom is 0.161 e.